The Labute approximate surface area is 131 Å². The number of hydrogen-bond acceptors (Lipinski definition) is 4. The van der Waals surface area contributed by atoms with E-state index in [2.05, 4.69) is 22.2 Å². The van der Waals surface area contributed by atoms with Crippen molar-refractivity contribution in [2.24, 2.45) is 0 Å². The van der Waals surface area contributed by atoms with Crippen LogP contribution in [0.3, 0.4) is 0 Å². The van der Waals surface area contributed by atoms with E-state index < -0.39 is 0 Å². The molecule has 5 heteroatoms. The average molecular weight is 298 g/mol. The van der Waals surface area contributed by atoms with Crippen molar-refractivity contribution in [3.8, 4) is 0 Å². The summed E-state index contributed by atoms with van der Waals surface area (Å²) in [5.41, 5.74) is 2.19. The number of carbonyl (C=O) groups excluding carboxylic acids is 1. The molecule has 1 aromatic carbocycles. The largest absolute Gasteiger partial charge is 0.360 e. The fourth-order valence-corrected chi connectivity index (χ4v) is 2.09. The number of aryl methyl sites for hydroxylation is 1. The van der Waals surface area contributed by atoms with Crippen LogP contribution < -0.4 is 10.2 Å². The monoisotopic (exact) mass is 298 g/mol. The second-order valence-electron chi connectivity index (χ2n) is 5.31. The minimum absolute atomic E-state index is 0.221. The average Bonchev–Trinajstić information content (AvgIpc) is 2.54. The molecule has 0 aliphatic rings. The minimum atomic E-state index is -0.221. The fourth-order valence-electron chi connectivity index (χ4n) is 2.09. The standard InChI is InChI=1S/C17H22N4O/c1-4-5-10-21(3)16-11-15(18-12-19-16)17(22)20-14-9-7-6-8-13(14)2/h6-9,11-12H,4-5,10H2,1-3H3,(H,20,22). The molecule has 2 rings (SSSR count). The molecule has 1 N–H and O–H groups in total. The highest BCUT2D eigenvalue weighted by Gasteiger charge is 2.11. The maximum Gasteiger partial charge on any atom is 0.274 e. The highest BCUT2D eigenvalue weighted by atomic mass is 16.1. The lowest BCUT2D eigenvalue weighted by molar-refractivity contribution is 0.102. The van der Waals surface area contributed by atoms with Gasteiger partial charge in [-0.3, -0.25) is 4.79 Å². The summed E-state index contributed by atoms with van der Waals surface area (Å²) in [6, 6.07) is 9.40. The van der Waals surface area contributed by atoms with Gasteiger partial charge in [-0.05, 0) is 25.0 Å². The number of amides is 1. The van der Waals surface area contributed by atoms with E-state index in [0.29, 0.717) is 5.69 Å². The summed E-state index contributed by atoms with van der Waals surface area (Å²) in [4.78, 5) is 22.7. The first kappa shape index (κ1) is 15.9. The molecule has 1 heterocycles. The van der Waals surface area contributed by atoms with Crippen LogP contribution in [0.4, 0.5) is 11.5 Å². The summed E-state index contributed by atoms with van der Waals surface area (Å²) in [6.07, 6.45) is 3.64. The van der Waals surface area contributed by atoms with Gasteiger partial charge in [0, 0.05) is 25.3 Å². The number of para-hydroxylation sites is 1. The van der Waals surface area contributed by atoms with Gasteiger partial charge in [-0.25, -0.2) is 9.97 Å². The van der Waals surface area contributed by atoms with Crippen molar-refractivity contribution in [3.63, 3.8) is 0 Å². The highest BCUT2D eigenvalue weighted by molar-refractivity contribution is 6.03. The molecular formula is C17H22N4O. The van der Waals surface area contributed by atoms with Crippen molar-refractivity contribution in [1.29, 1.82) is 0 Å². The second-order valence-corrected chi connectivity index (χ2v) is 5.31. The lowest BCUT2D eigenvalue weighted by Crippen LogP contribution is -2.21. The molecule has 0 atom stereocenters. The molecule has 0 radical (unpaired) electrons. The van der Waals surface area contributed by atoms with Gasteiger partial charge in [0.2, 0.25) is 0 Å². The fraction of sp³-hybridized carbons (Fsp3) is 0.353. The molecule has 0 saturated carbocycles. The number of anilines is 2. The van der Waals surface area contributed by atoms with Gasteiger partial charge in [0.1, 0.15) is 17.8 Å². The zero-order valence-electron chi connectivity index (χ0n) is 13.3. The van der Waals surface area contributed by atoms with Gasteiger partial charge in [0.05, 0.1) is 0 Å². The van der Waals surface area contributed by atoms with Crippen LogP contribution in [0.25, 0.3) is 0 Å². The third-order valence-electron chi connectivity index (χ3n) is 3.52. The van der Waals surface area contributed by atoms with E-state index in [1.54, 1.807) is 6.07 Å². The SMILES string of the molecule is CCCCN(C)c1cc(C(=O)Nc2ccccc2C)ncn1. The molecular weight excluding hydrogens is 276 g/mol. The van der Waals surface area contributed by atoms with Crippen LogP contribution in [-0.4, -0.2) is 29.5 Å². The number of rotatable bonds is 6. The van der Waals surface area contributed by atoms with Crippen LogP contribution in [0.2, 0.25) is 0 Å². The third kappa shape index (κ3) is 4.04. The predicted octanol–water partition coefficient (Wildman–Crippen LogP) is 3.27. The van der Waals surface area contributed by atoms with E-state index in [4.69, 9.17) is 0 Å². The van der Waals surface area contributed by atoms with Crippen LogP contribution in [0, 0.1) is 6.92 Å². The number of benzene rings is 1. The summed E-state index contributed by atoms with van der Waals surface area (Å²) in [5.74, 6) is 0.542. The quantitative estimate of drug-likeness (QED) is 0.889. The Morgan fingerprint density at radius 1 is 1.27 bits per heavy atom. The van der Waals surface area contributed by atoms with Crippen LogP contribution in [0.5, 0.6) is 0 Å². The third-order valence-corrected chi connectivity index (χ3v) is 3.52. The zero-order chi connectivity index (χ0) is 15.9. The van der Waals surface area contributed by atoms with Crippen LogP contribution in [0.15, 0.2) is 36.7 Å². The van der Waals surface area contributed by atoms with E-state index in [-0.39, 0.29) is 5.91 Å². The van der Waals surface area contributed by atoms with Crippen LogP contribution in [-0.2, 0) is 0 Å². The van der Waals surface area contributed by atoms with Crippen molar-refractivity contribution in [2.45, 2.75) is 26.7 Å². The Balaban J connectivity index is 2.12. The molecule has 0 saturated heterocycles. The normalized spacial score (nSPS) is 10.3. The molecule has 0 bridgehead atoms. The smallest absolute Gasteiger partial charge is 0.274 e. The first-order chi connectivity index (χ1) is 10.6. The molecule has 0 aliphatic carbocycles. The van der Waals surface area contributed by atoms with Crippen molar-refractivity contribution in [1.82, 2.24) is 9.97 Å². The van der Waals surface area contributed by atoms with E-state index in [1.165, 1.54) is 6.33 Å². The van der Waals surface area contributed by atoms with Crippen LogP contribution >= 0.6 is 0 Å². The molecule has 1 aromatic heterocycles. The van der Waals surface area contributed by atoms with E-state index in [1.807, 2.05) is 43.1 Å². The summed E-state index contributed by atoms with van der Waals surface area (Å²) < 4.78 is 0. The van der Waals surface area contributed by atoms with Crippen molar-refractivity contribution >= 4 is 17.4 Å². The molecule has 2 aromatic rings. The molecule has 116 valence electrons. The van der Waals surface area contributed by atoms with Gasteiger partial charge >= 0.3 is 0 Å². The Bertz CT molecular complexity index is 642. The predicted molar refractivity (Wildman–Crippen MR) is 89.3 cm³/mol. The summed E-state index contributed by atoms with van der Waals surface area (Å²) >= 11 is 0. The van der Waals surface area contributed by atoms with Crippen molar-refractivity contribution in [3.05, 3.63) is 47.9 Å². The maximum atomic E-state index is 12.3. The Morgan fingerprint density at radius 2 is 2.05 bits per heavy atom. The molecule has 0 spiro atoms. The number of aromatic nitrogens is 2. The topological polar surface area (TPSA) is 58.1 Å². The number of nitrogens with zero attached hydrogens (tertiary/aromatic N) is 3. The lowest BCUT2D eigenvalue weighted by Gasteiger charge is -2.17. The number of unbranched alkanes of at least 4 members (excludes halogenated alkanes) is 1. The molecule has 1 amide bonds. The summed E-state index contributed by atoms with van der Waals surface area (Å²) in [6.45, 7) is 5.01. The van der Waals surface area contributed by atoms with Crippen molar-refractivity contribution < 1.29 is 4.79 Å². The van der Waals surface area contributed by atoms with E-state index in [9.17, 15) is 4.79 Å². The molecule has 0 unspecified atom stereocenters. The summed E-state index contributed by atoms with van der Waals surface area (Å²) in [7, 11) is 1.97. The van der Waals surface area contributed by atoms with Crippen LogP contribution in [0.1, 0.15) is 35.8 Å². The minimum Gasteiger partial charge on any atom is -0.360 e. The Hall–Kier alpha value is -2.43. The zero-order valence-corrected chi connectivity index (χ0v) is 13.3. The van der Waals surface area contributed by atoms with Gasteiger partial charge in [-0.15, -0.1) is 0 Å². The highest BCUT2D eigenvalue weighted by Crippen LogP contribution is 2.15. The Kier molecular flexibility index (Phi) is 5.47. The van der Waals surface area contributed by atoms with Gasteiger partial charge in [0.15, 0.2) is 0 Å². The van der Waals surface area contributed by atoms with Gasteiger partial charge in [-0.1, -0.05) is 31.5 Å². The first-order valence-corrected chi connectivity index (χ1v) is 7.52. The Morgan fingerprint density at radius 3 is 2.77 bits per heavy atom. The van der Waals surface area contributed by atoms with Gasteiger partial charge in [0.25, 0.3) is 5.91 Å². The molecule has 0 aliphatic heterocycles. The maximum absolute atomic E-state index is 12.3. The lowest BCUT2D eigenvalue weighted by atomic mass is 10.2. The van der Waals surface area contributed by atoms with E-state index in [0.717, 1.165) is 36.5 Å². The number of carbonyl (C=O) groups is 1. The number of nitrogens with one attached hydrogen (secondary N) is 1. The van der Waals surface area contributed by atoms with Gasteiger partial charge < -0.3 is 10.2 Å². The molecule has 5 nitrogen and oxygen atoms in total. The van der Waals surface area contributed by atoms with Gasteiger partial charge in [-0.2, -0.15) is 0 Å². The first-order valence-electron chi connectivity index (χ1n) is 7.52. The van der Waals surface area contributed by atoms with Crippen molar-refractivity contribution in [2.75, 3.05) is 23.8 Å². The molecule has 22 heavy (non-hydrogen) atoms. The second kappa shape index (κ2) is 7.54. The number of hydrogen-bond donors (Lipinski definition) is 1. The molecule has 0 fully saturated rings. The van der Waals surface area contributed by atoms with E-state index >= 15 is 0 Å². The summed E-state index contributed by atoms with van der Waals surface area (Å²) in [5, 5.41) is 2.89.